The molecule has 7 nitrogen and oxygen atoms in total. The summed E-state index contributed by atoms with van der Waals surface area (Å²) in [5.74, 6) is 0.305. The number of ether oxygens (including phenoxy) is 1. The number of aliphatic hydroxyl groups excluding tert-OH is 1. The quantitative estimate of drug-likeness (QED) is 0.701. The Kier molecular flexibility index (Phi) is 5.84. The summed E-state index contributed by atoms with van der Waals surface area (Å²) in [6, 6.07) is 8.96. The van der Waals surface area contributed by atoms with Crippen LogP contribution < -0.4 is 9.84 Å². The largest absolute Gasteiger partial charge is 0.573 e. The summed E-state index contributed by atoms with van der Waals surface area (Å²) in [6.07, 6.45) is -0.665. The molecule has 10 heteroatoms. The molecule has 0 saturated carbocycles. The molecule has 2 aliphatic rings. The van der Waals surface area contributed by atoms with Gasteiger partial charge >= 0.3 is 7.15 Å². The van der Waals surface area contributed by atoms with Gasteiger partial charge in [0, 0.05) is 12.3 Å². The molecule has 5 atom stereocenters. The standard InChI is InChI=1S/C16H18FN2O5PS/c1-16(17)14(21)12(23-15(16)19-8-7-13(20)18-10-19)9-22-25(26)24-11-5-3-2-4-6-11/h2-8,12,14-15,21H,9-10H2,1H3/p+1. The van der Waals surface area contributed by atoms with Crippen molar-refractivity contribution >= 4 is 24.9 Å². The first kappa shape index (κ1) is 19.1. The Morgan fingerprint density at radius 3 is 2.88 bits per heavy atom. The van der Waals surface area contributed by atoms with Gasteiger partial charge in [-0.1, -0.05) is 18.2 Å². The molecule has 26 heavy (non-hydrogen) atoms. The molecule has 140 valence electrons. The van der Waals surface area contributed by atoms with Gasteiger partial charge in [0.25, 0.3) is 0 Å². The predicted octanol–water partition coefficient (Wildman–Crippen LogP) is 1.57. The lowest BCUT2D eigenvalue weighted by Gasteiger charge is -2.34. The van der Waals surface area contributed by atoms with Crippen molar-refractivity contribution in [2.24, 2.45) is 0 Å². The van der Waals surface area contributed by atoms with E-state index in [1.807, 2.05) is 18.2 Å². The lowest BCUT2D eigenvalue weighted by atomic mass is 9.98. The fraction of sp³-hybridized carbons (Fsp3) is 0.438. The van der Waals surface area contributed by atoms with Gasteiger partial charge < -0.3 is 20.1 Å². The van der Waals surface area contributed by atoms with Gasteiger partial charge in [0.1, 0.15) is 18.8 Å². The third kappa shape index (κ3) is 4.19. The summed E-state index contributed by atoms with van der Waals surface area (Å²) >= 11 is 5.14. The van der Waals surface area contributed by atoms with E-state index in [4.69, 9.17) is 25.6 Å². The van der Waals surface area contributed by atoms with Crippen molar-refractivity contribution in [3.05, 3.63) is 42.6 Å². The molecular formula is C16H19FN2O5PS+. The van der Waals surface area contributed by atoms with Crippen LogP contribution in [0.4, 0.5) is 4.39 Å². The molecule has 0 aliphatic carbocycles. The van der Waals surface area contributed by atoms with E-state index in [9.17, 15) is 9.90 Å². The maximum absolute atomic E-state index is 15.0. The number of benzene rings is 1. The van der Waals surface area contributed by atoms with Crippen LogP contribution in [0.1, 0.15) is 6.92 Å². The number of carbonyl (C=O) groups excluding carboxylic acids is 1. The Morgan fingerprint density at radius 2 is 2.23 bits per heavy atom. The van der Waals surface area contributed by atoms with Crippen molar-refractivity contribution < 1.29 is 28.1 Å². The fourth-order valence-electron chi connectivity index (χ4n) is 2.75. The molecule has 3 rings (SSSR count). The van der Waals surface area contributed by atoms with Crippen LogP contribution in [-0.2, 0) is 25.9 Å². The van der Waals surface area contributed by atoms with E-state index in [1.165, 1.54) is 24.1 Å². The summed E-state index contributed by atoms with van der Waals surface area (Å²) in [4.78, 5) is 12.7. The van der Waals surface area contributed by atoms with Crippen molar-refractivity contribution in [2.45, 2.75) is 31.0 Å². The Hall–Kier alpha value is -1.64. The second kappa shape index (κ2) is 7.94. The number of hydrogen-bond donors (Lipinski definition) is 2. The predicted molar refractivity (Wildman–Crippen MR) is 95.5 cm³/mol. The van der Waals surface area contributed by atoms with Crippen LogP contribution in [0.15, 0.2) is 42.6 Å². The van der Waals surface area contributed by atoms with Crippen LogP contribution in [0.25, 0.3) is 0 Å². The Bertz CT molecular complexity index is 705. The second-order valence-corrected chi connectivity index (χ2v) is 7.86. The number of halogens is 1. The van der Waals surface area contributed by atoms with Gasteiger partial charge in [-0.25, -0.2) is 4.39 Å². The maximum Gasteiger partial charge on any atom is 0.573 e. The van der Waals surface area contributed by atoms with E-state index in [1.54, 1.807) is 12.1 Å². The summed E-state index contributed by atoms with van der Waals surface area (Å²) < 4.78 is 31.6. The van der Waals surface area contributed by atoms with Gasteiger partial charge in [0.15, 0.2) is 17.6 Å². The Balaban J connectivity index is 1.58. The monoisotopic (exact) mass is 401 g/mol. The zero-order valence-corrected chi connectivity index (χ0v) is 15.7. The minimum atomic E-state index is -2.05. The normalized spacial score (nSPS) is 31.7. The van der Waals surface area contributed by atoms with Crippen molar-refractivity contribution in [3.8, 4) is 5.75 Å². The zero-order valence-electron chi connectivity index (χ0n) is 13.9. The number of amides is 1. The minimum Gasteiger partial charge on any atom is -0.387 e. The Labute approximate surface area is 156 Å². The van der Waals surface area contributed by atoms with Crippen LogP contribution in [0.5, 0.6) is 5.75 Å². The highest BCUT2D eigenvalue weighted by Crippen LogP contribution is 2.38. The van der Waals surface area contributed by atoms with Gasteiger partial charge in [-0.3, -0.25) is 9.32 Å². The first-order chi connectivity index (χ1) is 12.4. The number of alkyl halides is 1. The molecule has 0 bridgehead atoms. The smallest absolute Gasteiger partial charge is 0.387 e. The lowest BCUT2D eigenvalue weighted by molar-refractivity contribution is -0.122. The minimum absolute atomic E-state index is 0.0880. The van der Waals surface area contributed by atoms with Crippen LogP contribution in [0.3, 0.4) is 0 Å². The van der Waals surface area contributed by atoms with E-state index >= 15 is 4.39 Å². The third-order valence-corrected chi connectivity index (χ3v) is 5.40. The van der Waals surface area contributed by atoms with Crippen molar-refractivity contribution in [3.63, 3.8) is 0 Å². The SMILES string of the molecule is CC1(F)C(O)C(CO[P+](=S)Oc2ccccc2)OC1N1C=CC(=O)NC1. The number of aliphatic hydroxyl groups is 1. The van der Waals surface area contributed by atoms with E-state index in [0.717, 1.165) is 0 Å². The Morgan fingerprint density at radius 1 is 1.50 bits per heavy atom. The number of nitrogens with zero attached hydrogens (tertiary/aromatic N) is 1. The topological polar surface area (TPSA) is 80.3 Å². The summed E-state index contributed by atoms with van der Waals surface area (Å²) in [7, 11) is -1.67. The van der Waals surface area contributed by atoms with Crippen molar-refractivity contribution in [1.82, 2.24) is 10.2 Å². The summed E-state index contributed by atoms with van der Waals surface area (Å²) in [6.45, 7) is 1.23. The molecule has 2 heterocycles. The molecule has 5 unspecified atom stereocenters. The van der Waals surface area contributed by atoms with Crippen LogP contribution in [0, 0.1) is 0 Å². The molecular weight excluding hydrogens is 382 g/mol. The lowest BCUT2D eigenvalue weighted by Crippen LogP contribution is -2.52. The molecule has 2 aliphatic heterocycles. The highest BCUT2D eigenvalue weighted by molar-refractivity contribution is 8.00. The average molecular weight is 401 g/mol. The average Bonchev–Trinajstić information content (AvgIpc) is 2.85. The fourth-order valence-corrected chi connectivity index (χ4v) is 3.80. The number of nitrogens with one attached hydrogen (secondary N) is 1. The second-order valence-electron chi connectivity index (χ2n) is 6.08. The number of carbonyl (C=O) groups is 1. The molecule has 0 spiro atoms. The molecule has 1 aromatic carbocycles. The van der Waals surface area contributed by atoms with E-state index in [0.29, 0.717) is 5.75 Å². The van der Waals surface area contributed by atoms with Gasteiger partial charge in [-0.2, -0.15) is 0 Å². The first-order valence-electron chi connectivity index (χ1n) is 7.95. The van der Waals surface area contributed by atoms with Crippen molar-refractivity contribution in [2.75, 3.05) is 13.3 Å². The van der Waals surface area contributed by atoms with E-state index < -0.39 is 31.3 Å². The first-order valence-corrected chi connectivity index (χ1v) is 10.1. The molecule has 1 aromatic rings. The van der Waals surface area contributed by atoms with E-state index in [2.05, 4.69) is 5.32 Å². The van der Waals surface area contributed by atoms with Gasteiger partial charge in [-0.15, -0.1) is 4.52 Å². The number of hydrogen-bond acceptors (Lipinski definition) is 7. The summed E-state index contributed by atoms with van der Waals surface area (Å²) in [5.41, 5.74) is -2.05. The molecule has 1 amide bonds. The van der Waals surface area contributed by atoms with Crippen LogP contribution in [-0.4, -0.2) is 53.3 Å². The third-order valence-electron chi connectivity index (χ3n) is 4.14. The highest BCUT2D eigenvalue weighted by atomic mass is 32.4. The van der Waals surface area contributed by atoms with Crippen LogP contribution in [0.2, 0.25) is 0 Å². The van der Waals surface area contributed by atoms with Crippen molar-refractivity contribution in [1.29, 1.82) is 0 Å². The molecule has 1 saturated heterocycles. The zero-order chi connectivity index (χ0) is 18.7. The van der Waals surface area contributed by atoms with Gasteiger partial charge in [-0.05, 0) is 19.1 Å². The maximum atomic E-state index is 15.0. The summed E-state index contributed by atoms with van der Waals surface area (Å²) in [5, 5.41) is 12.8. The molecule has 0 radical (unpaired) electrons. The number of para-hydroxylation sites is 1. The molecule has 1 fully saturated rings. The molecule has 2 N–H and O–H groups in total. The molecule has 0 aromatic heterocycles. The van der Waals surface area contributed by atoms with Gasteiger partial charge in [0.2, 0.25) is 17.7 Å². The van der Waals surface area contributed by atoms with Gasteiger partial charge in [0.05, 0.1) is 6.67 Å². The number of rotatable bonds is 6. The highest BCUT2D eigenvalue weighted by Gasteiger charge is 2.56. The van der Waals surface area contributed by atoms with Crippen LogP contribution >= 0.6 is 7.15 Å². The van der Waals surface area contributed by atoms with E-state index in [-0.39, 0.29) is 19.2 Å².